The first-order valence-corrected chi connectivity index (χ1v) is 4.72. The maximum absolute atomic E-state index is 11.0. The standard InChI is InChI=1S/C9H10BrNO3/c1-13-7-4-8(10)11-5-6(7)3-9(12)14-2/h4-5H,3H2,1-2H3. The van der Waals surface area contributed by atoms with Crippen molar-refractivity contribution >= 4 is 21.9 Å². The molecule has 1 heterocycles. The minimum Gasteiger partial charge on any atom is -0.496 e. The van der Waals surface area contributed by atoms with Crippen LogP contribution in [-0.2, 0) is 16.0 Å². The molecule has 0 amide bonds. The Labute approximate surface area is 90.4 Å². The Morgan fingerprint density at radius 3 is 2.86 bits per heavy atom. The molecule has 14 heavy (non-hydrogen) atoms. The topological polar surface area (TPSA) is 48.4 Å². The number of carbonyl (C=O) groups is 1. The average molecular weight is 260 g/mol. The molecule has 5 heteroatoms. The first kappa shape index (κ1) is 11.0. The van der Waals surface area contributed by atoms with Crippen molar-refractivity contribution in [3.63, 3.8) is 0 Å². The molecular weight excluding hydrogens is 250 g/mol. The fourth-order valence-corrected chi connectivity index (χ4v) is 1.30. The van der Waals surface area contributed by atoms with Crippen molar-refractivity contribution < 1.29 is 14.3 Å². The molecular formula is C9H10BrNO3. The van der Waals surface area contributed by atoms with Gasteiger partial charge in [-0.25, -0.2) is 4.98 Å². The van der Waals surface area contributed by atoms with Crippen LogP contribution in [0.4, 0.5) is 0 Å². The number of carbonyl (C=O) groups excluding carboxylic acids is 1. The maximum atomic E-state index is 11.0. The summed E-state index contributed by atoms with van der Waals surface area (Å²) in [6.45, 7) is 0. The number of aromatic nitrogens is 1. The van der Waals surface area contributed by atoms with Crippen LogP contribution in [0.3, 0.4) is 0 Å². The molecule has 0 spiro atoms. The second-order valence-corrected chi connectivity index (χ2v) is 3.38. The Morgan fingerprint density at radius 2 is 2.29 bits per heavy atom. The highest BCUT2D eigenvalue weighted by Gasteiger charge is 2.09. The van der Waals surface area contributed by atoms with E-state index in [4.69, 9.17) is 4.74 Å². The molecule has 1 rings (SSSR count). The van der Waals surface area contributed by atoms with Gasteiger partial charge in [0, 0.05) is 17.8 Å². The Morgan fingerprint density at radius 1 is 1.57 bits per heavy atom. The Hall–Kier alpha value is -1.10. The van der Waals surface area contributed by atoms with Crippen LogP contribution >= 0.6 is 15.9 Å². The number of methoxy groups -OCH3 is 2. The molecule has 0 saturated carbocycles. The lowest BCUT2D eigenvalue weighted by Gasteiger charge is -2.06. The van der Waals surface area contributed by atoms with E-state index in [0.29, 0.717) is 15.9 Å². The third-order valence-corrected chi connectivity index (χ3v) is 2.13. The van der Waals surface area contributed by atoms with Crippen molar-refractivity contribution in [3.8, 4) is 5.75 Å². The minimum absolute atomic E-state index is 0.167. The zero-order chi connectivity index (χ0) is 10.6. The summed E-state index contributed by atoms with van der Waals surface area (Å²) in [5.41, 5.74) is 0.711. The molecule has 0 fully saturated rings. The van der Waals surface area contributed by atoms with Gasteiger partial charge in [-0.2, -0.15) is 0 Å². The normalized spacial score (nSPS) is 9.64. The third kappa shape index (κ3) is 2.70. The van der Waals surface area contributed by atoms with Crippen molar-refractivity contribution in [1.29, 1.82) is 0 Å². The highest BCUT2D eigenvalue weighted by atomic mass is 79.9. The molecule has 0 saturated heterocycles. The smallest absolute Gasteiger partial charge is 0.310 e. The van der Waals surface area contributed by atoms with E-state index in [1.165, 1.54) is 7.11 Å². The van der Waals surface area contributed by atoms with E-state index >= 15 is 0 Å². The monoisotopic (exact) mass is 259 g/mol. The summed E-state index contributed by atoms with van der Waals surface area (Å²) in [5.74, 6) is 0.310. The highest BCUT2D eigenvalue weighted by Crippen LogP contribution is 2.21. The van der Waals surface area contributed by atoms with Crippen molar-refractivity contribution in [1.82, 2.24) is 4.98 Å². The van der Waals surface area contributed by atoms with Gasteiger partial charge in [-0.3, -0.25) is 4.79 Å². The molecule has 1 aromatic rings. The zero-order valence-corrected chi connectivity index (χ0v) is 9.50. The van der Waals surface area contributed by atoms with Gasteiger partial charge in [0.15, 0.2) is 0 Å². The molecule has 1 aromatic heterocycles. The van der Waals surface area contributed by atoms with Gasteiger partial charge in [0.1, 0.15) is 10.4 Å². The number of pyridine rings is 1. The molecule has 0 N–H and O–H groups in total. The van der Waals surface area contributed by atoms with Gasteiger partial charge in [-0.1, -0.05) is 0 Å². The van der Waals surface area contributed by atoms with Gasteiger partial charge < -0.3 is 9.47 Å². The van der Waals surface area contributed by atoms with Gasteiger partial charge in [0.05, 0.1) is 20.6 Å². The third-order valence-electron chi connectivity index (χ3n) is 1.69. The first-order valence-electron chi connectivity index (χ1n) is 3.92. The number of ether oxygens (including phenoxy) is 2. The summed E-state index contributed by atoms with van der Waals surface area (Å²) in [6, 6.07) is 1.71. The van der Waals surface area contributed by atoms with E-state index < -0.39 is 0 Å². The predicted molar refractivity (Wildman–Crippen MR) is 54.2 cm³/mol. The Kier molecular flexibility index (Phi) is 3.88. The SMILES string of the molecule is COC(=O)Cc1cnc(Br)cc1OC. The summed E-state index contributed by atoms with van der Waals surface area (Å²) >= 11 is 3.21. The lowest BCUT2D eigenvalue weighted by atomic mass is 10.2. The van der Waals surface area contributed by atoms with Crippen molar-refractivity contribution in [3.05, 3.63) is 22.4 Å². The summed E-state index contributed by atoms with van der Waals surface area (Å²) in [4.78, 5) is 15.0. The fraction of sp³-hybridized carbons (Fsp3) is 0.333. The van der Waals surface area contributed by atoms with Crippen molar-refractivity contribution in [2.75, 3.05) is 14.2 Å². The van der Waals surface area contributed by atoms with Gasteiger partial charge in [0.25, 0.3) is 0 Å². The molecule has 0 atom stereocenters. The Bertz CT molecular complexity index is 341. The van der Waals surface area contributed by atoms with E-state index in [1.54, 1.807) is 19.4 Å². The molecule has 0 unspecified atom stereocenters. The number of halogens is 1. The van der Waals surface area contributed by atoms with Crippen LogP contribution in [0.5, 0.6) is 5.75 Å². The van der Waals surface area contributed by atoms with Crippen LogP contribution in [0.25, 0.3) is 0 Å². The number of rotatable bonds is 3. The van der Waals surface area contributed by atoms with Crippen LogP contribution in [0.15, 0.2) is 16.9 Å². The van der Waals surface area contributed by atoms with E-state index in [0.717, 1.165) is 0 Å². The van der Waals surface area contributed by atoms with Gasteiger partial charge in [-0.15, -0.1) is 0 Å². The zero-order valence-electron chi connectivity index (χ0n) is 7.91. The lowest BCUT2D eigenvalue weighted by molar-refractivity contribution is -0.139. The van der Waals surface area contributed by atoms with Crippen molar-refractivity contribution in [2.24, 2.45) is 0 Å². The Balaban J connectivity index is 2.90. The second-order valence-electron chi connectivity index (χ2n) is 2.57. The summed E-state index contributed by atoms with van der Waals surface area (Å²) in [7, 11) is 2.89. The van der Waals surface area contributed by atoms with Gasteiger partial charge in [0.2, 0.25) is 0 Å². The predicted octanol–water partition coefficient (Wildman–Crippen LogP) is 1.57. The summed E-state index contributed by atoms with van der Waals surface area (Å²) in [5, 5.41) is 0. The molecule has 4 nitrogen and oxygen atoms in total. The van der Waals surface area contributed by atoms with Gasteiger partial charge in [-0.05, 0) is 15.9 Å². The second kappa shape index (κ2) is 4.95. The van der Waals surface area contributed by atoms with Crippen LogP contribution in [0.2, 0.25) is 0 Å². The fourth-order valence-electron chi connectivity index (χ4n) is 0.992. The number of esters is 1. The molecule has 0 aliphatic rings. The van der Waals surface area contributed by atoms with Crippen LogP contribution < -0.4 is 4.74 Å². The minimum atomic E-state index is -0.313. The quantitative estimate of drug-likeness (QED) is 0.611. The number of hydrogen-bond donors (Lipinski definition) is 0. The number of nitrogens with zero attached hydrogens (tertiary/aromatic N) is 1. The molecule has 76 valence electrons. The maximum Gasteiger partial charge on any atom is 0.310 e. The molecule has 0 radical (unpaired) electrons. The first-order chi connectivity index (χ1) is 6.67. The van der Waals surface area contributed by atoms with Crippen LogP contribution in [0.1, 0.15) is 5.56 Å². The van der Waals surface area contributed by atoms with E-state index in [9.17, 15) is 4.79 Å². The average Bonchev–Trinajstić information content (AvgIpc) is 2.20. The van der Waals surface area contributed by atoms with E-state index in [2.05, 4.69) is 25.7 Å². The summed E-state index contributed by atoms with van der Waals surface area (Å²) < 4.78 is 10.3. The van der Waals surface area contributed by atoms with E-state index in [1.807, 2.05) is 0 Å². The largest absolute Gasteiger partial charge is 0.496 e. The lowest BCUT2D eigenvalue weighted by Crippen LogP contribution is -2.06. The van der Waals surface area contributed by atoms with E-state index in [-0.39, 0.29) is 12.4 Å². The van der Waals surface area contributed by atoms with Crippen LogP contribution in [-0.4, -0.2) is 25.2 Å². The molecule has 0 aromatic carbocycles. The van der Waals surface area contributed by atoms with Crippen LogP contribution in [0, 0.1) is 0 Å². The molecule has 0 aliphatic carbocycles. The molecule has 0 bridgehead atoms. The molecule has 0 aliphatic heterocycles. The summed E-state index contributed by atoms with van der Waals surface area (Å²) in [6.07, 6.45) is 1.75. The van der Waals surface area contributed by atoms with Crippen molar-refractivity contribution in [2.45, 2.75) is 6.42 Å². The number of hydrogen-bond acceptors (Lipinski definition) is 4. The van der Waals surface area contributed by atoms with Gasteiger partial charge >= 0.3 is 5.97 Å². The highest BCUT2D eigenvalue weighted by molar-refractivity contribution is 9.10.